The largest absolute Gasteiger partial charge is 0.252 e. The van der Waals surface area contributed by atoms with Gasteiger partial charge in [0.2, 0.25) is 0 Å². The van der Waals surface area contributed by atoms with Gasteiger partial charge in [-0.15, -0.1) is 0 Å². The van der Waals surface area contributed by atoms with Gasteiger partial charge in [0.1, 0.15) is 0 Å². The molecule has 0 aliphatic carbocycles. The average molecular weight is 491 g/mol. The standard InChI is InChI=1S/C30H44N2.Ni/c1-7-9-11-12-13-14-16-30(32-28-20-18-24(4)26(6)22-28)29(15-10-8-2)31-27-19-17-23(3)25(5)21-27;/h17-22H,7-16H2,1-6H3;. The molecule has 0 unspecified atom stereocenters. The van der Waals surface area contributed by atoms with Gasteiger partial charge in [0.15, 0.2) is 0 Å². The maximum atomic E-state index is 5.17. The fourth-order valence-corrected chi connectivity index (χ4v) is 3.85. The van der Waals surface area contributed by atoms with Crippen LogP contribution < -0.4 is 0 Å². The predicted octanol–water partition coefficient (Wildman–Crippen LogP) is 9.70. The monoisotopic (exact) mass is 490 g/mol. The third kappa shape index (κ3) is 10.4. The molecule has 0 heterocycles. The van der Waals surface area contributed by atoms with Crippen LogP contribution in [0.5, 0.6) is 0 Å². The van der Waals surface area contributed by atoms with E-state index in [1.54, 1.807) is 0 Å². The second-order valence-electron chi connectivity index (χ2n) is 9.28. The summed E-state index contributed by atoms with van der Waals surface area (Å²) < 4.78 is 0. The Morgan fingerprint density at radius 3 is 1.42 bits per heavy atom. The number of hydrogen-bond donors (Lipinski definition) is 0. The van der Waals surface area contributed by atoms with E-state index < -0.39 is 0 Å². The first-order valence-electron chi connectivity index (χ1n) is 12.7. The van der Waals surface area contributed by atoms with Crippen molar-refractivity contribution in [3.63, 3.8) is 0 Å². The summed E-state index contributed by atoms with van der Waals surface area (Å²) in [7, 11) is 0. The van der Waals surface area contributed by atoms with Crippen molar-refractivity contribution >= 4 is 22.8 Å². The third-order valence-corrected chi connectivity index (χ3v) is 6.38. The van der Waals surface area contributed by atoms with Crippen molar-refractivity contribution in [3.05, 3.63) is 58.7 Å². The zero-order valence-corrected chi connectivity index (χ0v) is 22.7. The molecule has 0 spiro atoms. The summed E-state index contributed by atoms with van der Waals surface area (Å²) in [5.41, 5.74) is 9.67. The molecule has 184 valence electrons. The van der Waals surface area contributed by atoms with E-state index in [0.717, 1.165) is 30.6 Å². The van der Waals surface area contributed by atoms with Gasteiger partial charge in [-0.05, 0) is 99.9 Å². The molecule has 0 bridgehead atoms. The molecular weight excluding hydrogens is 447 g/mol. The van der Waals surface area contributed by atoms with E-state index in [2.05, 4.69) is 77.9 Å². The molecule has 0 aliphatic heterocycles. The second kappa shape index (κ2) is 16.0. The molecule has 0 atom stereocenters. The number of nitrogens with zero attached hydrogens (tertiary/aromatic N) is 2. The Balaban J connectivity index is 0.00000544. The maximum Gasteiger partial charge on any atom is 0.0636 e. The number of aliphatic imine (C=N–C) groups is 2. The molecule has 0 N–H and O–H groups in total. The van der Waals surface area contributed by atoms with Gasteiger partial charge in [-0.25, -0.2) is 0 Å². The van der Waals surface area contributed by atoms with Gasteiger partial charge in [-0.2, -0.15) is 0 Å². The molecule has 0 aromatic heterocycles. The van der Waals surface area contributed by atoms with Crippen molar-refractivity contribution in [3.8, 4) is 0 Å². The van der Waals surface area contributed by atoms with E-state index >= 15 is 0 Å². The number of rotatable bonds is 13. The maximum absolute atomic E-state index is 5.17. The number of aryl methyl sites for hydroxylation is 4. The van der Waals surface area contributed by atoms with E-state index in [9.17, 15) is 0 Å². The molecular formula is C30H44N2Ni. The molecule has 0 saturated heterocycles. The van der Waals surface area contributed by atoms with Crippen molar-refractivity contribution in [2.24, 2.45) is 9.98 Å². The first kappa shape index (κ1) is 29.3. The van der Waals surface area contributed by atoms with Gasteiger partial charge in [-0.3, -0.25) is 9.98 Å². The Morgan fingerprint density at radius 2 is 0.970 bits per heavy atom. The van der Waals surface area contributed by atoms with Crippen molar-refractivity contribution < 1.29 is 16.5 Å². The third-order valence-electron chi connectivity index (χ3n) is 6.38. The topological polar surface area (TPSA) is 24.7 Å². The van der Waals surface area contributed by atoms with Crippen LogP contribution in [0.15, 0.2) is 46.4 Å². The summed E-state index contributed by atoms with van der Waals surface area (Å²) in [5.74, 6) is 0. The molecule has 0 radical (unpaired) electrons. The fraction of sp³-hybridized carbons (Fsp3) is 0.533. The van der Waals surface area contributed by atoms with Gasteiger partial charge >= 0.3 is 0 Å². The van der Waals surface area contributed by atoms with Crippen LogP contribution in [0.2, 0.25) is 0 Å². The van der Waals surface area contributed by atoms with Crippen molar-refractivity contribution in [1.82, 2.24) is 0 Å². The minimum absolute atomic E-state index is 0. The predicted molar refractivity (Wildman–Crippen MR) is 144 cm³/mol. The van der Waals surface area contributed by atoms with Crippen molar-refractivity contribution in [2.75, 3.05) is 0 Å². The van der Waals surface area contributed by atoms with Crippen molar-refractivity contribution in [2.45, 2.75) is 106 Å². The molecule has 2 aromatic rings. The van der Waals surface area contributed by atoms with Gasteiger partial charge in [0.25, 0.3) is 0 Å². The number of unbranched alkanes of at least 4 members (excludes halogenated alkanes) is 6. The Bertz CT molecular complexity index is 912. The van der Waals surface area contributed by atoms with E-state index in [1.807, 2.05) is 0 Å². The van der Waals surface area contributed by atoms with Crippen LogP contribution in [-0.2, 0) is 16.5 Å². The van der Waals surface area contributed by atoms with E-state index in [4.69, 9.17) is 9.98 Å². The summed E-state index contributed by atoms with van der Waals surface area (Å²) >= 11 is 0. The first-order valence-corrected chi connectivity index (χ1v) is 12.7. The molecule has 2 nitrogen and oxygen atoms in total. The summed E-state index contributed by atoms with van der Waals surface area (Å²) in [6, 6.07) is 13.1. The summed E-state index contributed by atoms with van der Waals surface area (Å²) in [6.45, 7) is 13.2. The molecule has 2 rings (SSSR count). The Hall–Kier alpha value is -1.73. The van der Waals surface area contributed by atoms with Crippen LogP contribution in [-0.4, -0.2) is 11.4 Å². The summed E-state index contributed by atoms with van der Waals surface area (Å²) in [4.78, 5) is 10.3. The molecule has 0 fully saturated rings. The van der Waals surface area contributed by atoms with Crippen LogP contribution >= 0.6 is 0 Å². The van der Waals surface area contributed by atoms with Crippen LogP contribution in [0.1, 0.15) is 100 Å². The molecule has 3 heteroatoms. The van der Waals surface area contributed by atoms with Gasteiger partial charge in [-0.1, -0.05) is 64.5 Å². The number of benzene rings is 2. The Labute approximate surface area is 213 Å². The normalized spacial score (nSPS) is 12.1. The SMILES string of the molecule is CCCCCCCCC(=Nc1ccc(C)c(C)c1)C(CCCC)=Nc1ccc(C)c(C)c1.[Ni]. The Kier molecular flexibility index (Phi) is 14.2. The first-order chi connectivity index (χ1) is 15.4. The van der Waals surface area contributed by atoms with Gasteiger partial charge < -0.3 is 0 Å². The quantitative estimate of drug-likeness (QED) is 0.151. The van der Waals surface area contributed by atoms with Crippen LogP contribution in [0.25, 0.3) is 0 Å². The Morgan fingerprint density at radius 1 is 0.545 bits per heavy atom. The second-order valence-corrected chi connectivity index (χ2v) is 9.28. The van der Waals surface area contributed by atoms with Crippen molar-refractivity contribution in [1.29, 1.82) is 0 Å². The summed E-state index contributed by atoms with van der Waals surface area (Å²) in [5, 5.41) is 0. The fourth-order valence-electron chi connectivity index (χ4n) is 3.85. The number of hydrogen-bond acceptors (Lipinski definition) is 2. The molecule has 0 saturated carbocycles. The van der Waals surface area contributed by atoms with E-state index in [0.29, 0.717) is 0 Å². The molecule has 33 heavy (non-hydrogen) atoms. The average Bonchev–Trinajstić information content (AvgIpc) is 2.77. The zero-order chi connectivity index (χ0) is 23.3. The zero-order valence-electron chi connectivity index (χ0n) is 21.7. The van der Waals surface area contributed by atoms with E-state index in [1.165, 1.54) is 78.6 Å². The smallest absolute Gasteiger partial charge is 0.0636 e. The molecule has 0 aliphatic rings. The molecule has 0 amide bonds. The van der Waals surface area contributed by atoms with Crippen LogP contribution in [0.3, 0.4) is 0 Å². The van der Waals surface area contributed by atoms with Gasteiger partial charge in [0.05, 0.1) is 22.8 Å². The van der Waals surface area contributed by atoms with Gasteiger partial charge in [0, 0.05) is 16.5 Å². The van der Waals surface area contributed by atoms with Crippen LogP contribution in [0, 0.1) is 27.7 Å². The minimum atomic E-state index is 0. The minimum Gasteiger partial charge on any atom is -0.252 e. The molecule has 2 aromatic carbocycles. The summed E-state index contributed by atoms with van der Waals surface area (Å²) in [6.07, 6.45) is 12.1. The van der Waals surface area contributed by atoms with E-state index in [-0.39, 0.29) is 16.5 Å². The van der Waals surface area contributed by atoms with Crippen LogP contribution in [0.4, 0.5) is 11.4 Å².